The molecular weight excluding hydrogens is 168 g/mol. The number of fused-ring (bicyclic) bond motifs is 1. The minimum absolute atomic E-state index is 0.500. The van der Waals surface area contributed by atoms with Crippen LogP contribution in [0.25, 0.3) is 0 Å². The van der Waals surface area contributed by atoms with Crippen LogP contribution in [0.5, 0.6) is 0 Å². The monoisotopic (exact) mass is 178 g/mol. The van der Waals surface area contributed by atoms with E-state index in [0.717, 1.165) is 22.7 Å². The molecule has 1 heterocycles. The van der Waals surface area contributed by atoms with E-state index in [-0.39, 0.29) is 0 Å². The van der Waals surface area contributed by atoms with Gasteiger partial charge in [-0.1, -0.05) is 18.2 Å². The van der Waals surface area contributed by atoms with Crippen molar-refractivity contribution in [2.45, 2.75) is 6.42 Å². The number of hydrogen-bond acceptors (Lipinski definition) is 2. The Balaban J connectivity index is 2.42. The first-order valence-corrected chi connectivity index (χ1v) is 4.09. The van der Waals surface area contributed by atoms with Crippen molar-refractivity contribution in [2.24, 2.45) is 5.73 Å². The molecule has 1 aromatic carbocycles. The van der Waals surface area contributed by atoms with Crippen LogP contribution in [0.15, 0.2) is 24.3 Å². The summed E-state index contributed by atoms with van der Waals surface area (Å²) in [5.41, 5.74) is 6.99. The molecule has 1 aliphatic rings. The van der Waals surface area contributed by atoms with Crippen LogP contribution in [0.3, 0.4) is 0 Å². The average Bonchev–Trinajstić information content (AvgIpc) is 2.17. The number of rotatable bonds is 0. The van der Waals surface area contributed by atoms with Gasteiger partial charge in [-0.2, -0.15) is 5.06 Å². The van der Waals surface area contributed by atoms with Gasteiger partial charge in [0.15, 0.2) is 0 Å². The van der Waals surface area contributed by atoms with Crippen LogP contribution in [0.1, 0.15) is 5.56 Å². The van der Waals surface area contributed by atoms with Gasteiger partial charge in [-0.3, -0.25) is 4.84 Å². The third-order valence-corrected chi connectivity index (χ3v) is 2.00. The quantitative estimate of drug-likeness (QED) is 0.645. The largest absolute Gasteiger partial charge is 0.349 e. The SMILES string of the molecule is NC(=O)N1OCCc2ccccc21. The molecule has 68 valence electrons. The number of hydrogen-bond donors (Lipinski definition) is 1. The fourth-order valence-corrected chi connectivity index (χ4v) is 1.42. The Labute approximate surface area is 75.8 Å². The fourth-order valence-electron chi connectivity index (χ4n) is 1.42. The third kappa shape index (κ3) is 1.36. The van der Waals surface area contributed by atoms with Crippen LogP contribution in [-0.4, -0.2) is 12.6 Å². The molecule has 0 spiro atoms. The van der Waals surface area contributed by atoms with E-state index >= 15 is 0 Å². The molecule has 4 heteroatoms. The van der Waals surface area contributed by atoms with Crippen LogP contribution in [0.2, 0.25) is 0 Å². The first kappa shape index (κ1) is 8.07. The predicted octanol–water partition coefficient (Wildman–Crippen LogP) is 1.06. The van der Waals surface area contributed by atoms with E-state index in [2.05, 4.69) is 0 Å². The van der Waals surface area contributed by atoms with Crippen molar-refractivity contribution in [2.75, 3.05) is 11.7 Å². The van der Waals surface area contributed by atoms with Gasteiger partial charge in [0, 0.05) is 6.42 Å². The van der Waals surface area contributed by atoms with Crippen LogP contribution in [0, 0.1) is 0 Å². The summed E-state index contributed by atoms with van der Waals surface area (Å²) in [5, 5.41) is 1.14. The molecule has 0 aromatic heterocycles. The van der Waals surface area contributed by atoms with Crippen molar-refractivity contribution in [3.8, 4) is 0 Å². The van der Waals surface area contributed by atoms with Crippen molar-refractivity contribution in [3.63, 3.8) is 0 Å². The molecule has 0 aliphatic carbocycles. The maximum absolute atomic E-state index is 10.9. The summed E-state index contributed by atoms with van der Waals surface area (Å²) in [7, 11) is 0. The van der Waals surface area contributed by atoms with E-state index in [1.807, 2.05) is 24.3 Å². The van der Waals surface area contributed by atoms with Crippen LogP contribution < -0.4 is 10.8 Å². The molecule has 0 saturated heterocycles. The molecule has 1 aromatic rings. The Kier molecular flexibility index (Phi) is 1.90. The summed E-state index contributed by atoms with van der Waals surface area (Å²) < 4.78 is 0. The second kappa shape index (κ2) is 3.06. The van der Waals surface area contributed by atoms with Gasteiger partial charge in [-0.15, -0.1) is 0 Å². The van der Waals surface area contributed by atoms with Gasteiger partial charge in [0.05, 0.1) is 12.3 Å². The highest BCUT2D eigenvalue weighted by Gasteiger charge is 2.20. The molecule has 0 radical (unpaired) electrons. The molecule has 2 rings (SSSR count). The number of benzene rings is 1. The summed E-state index contributed by atoms with van der Waals surface area (Å²) in [6.45, 7) is 0.500. The number of nitrogens with zero attached hydrogens (tertiary/aromatic N) is 1. The topological polar surface area (TPSA) is 55.6 Å². The molecule has 2 amide bonds. The van der Waals surface area contributed by atoms with Gasteiger partial charge in [-0.25, -0.2) is 4.79 Å². The Morgan fingerprint density at radius 2 is 2.23 bits per heavy atom. The summed E-state index contributed by atoms with van der Waals surface area (Å²) in [6, 6.07) is 6.99. The summed E-state index contributed by atoms with van der Waals surface area (Å²) in [6.07, 6.45) is 0.819. The summed E-state index contributed by atoms with van der Waals surface area (Å²) in [5.74, 6) is 0. The standard InChI is InChI=1S/C9H10N2O2/c10-9(12)11-8-4-2-1-3-7(8)5-6-13-11/h1-4H,5-6H2,(H2,10,12). The maximum atomic E-state index is 10.9. The minimum atomic E-state index is -0.577. The lowest BCUT2D eigenvalue weighted by Gasteiger charge is -2.26. The van der Waals surface area contributed by atoms with E-state index in [4.69, 9.17) is 10.6 Å². The molecule has 1 aliphatic heterocycles. The zero-order valence-corrected chi connectivity index (χ0v) is 7.06. The zero-order chi connectivity index (χ0) is 9.26. The maximum Gasteiger partial charge on any atom is 0.343 e. The highest BCUT2D eigenvalue weighted by molar-refractivity contribution is 5.89. The average molecular weight is 178 g/mol. The second-order valence-corrected chi connectivity index (χ2v) is 2.84. The molecule has 0 saturated carbocycles. The number of amides is 2. The fraction of sp³-hybridized carbons (Fsp3) is 0.222. The Morgan fingerprint density at radius 3 is 3.00 bits per heavy atom. The number of hydroxylamine groups is 1. The molecule has 0 fully saturated rings. The van der Waals surface area contributed by atoms with E-state index < -0.39 is 6.03 Å². The summed E-state index contributed by atoms with van der Waals surface area (Å²) >= 11 is 0. The molecule has 4 nitrogen and oxygen atoms in total. The van der Waals surface area contributed by atoms with E-state index in [0.29, 0.717) is 6.61 Å². The zero-order valence-electron chi connectivity index (χ0n) is 7.06. The van der Waals surface area contributed by atoms with E-state index in [9.17, 15) is 4.79 Å². The van der Waals surface area contributed by atoms with Gasteiger partial charge in [-0.05, 0) is 11.6 Å². The number of nitrogens with two attached hydrogens (primary N) is 1. The molecule has 13 heavy (non-hydrogen) atoms. The molecular formula is C9H10N2O2. The summed E-state index contributed by atoms with van der Waals surface area (Å²) in [4.78, 5) is 16.1. The van der Waals surface area contributed by atoms with E-state index in [1.54, 1.807) is 0 Å². The van der Waals surface area contributed by atoms with Gasteiger partial charge >= 0.3 is 6.03 Å². The van der Waals surface area contributed by atoms with Gasteiger partial charge < -0.3 is 5.73 Å². The first-order chi connectivity index (χ1) is 6.29. The number of primary amides is 1. The third-order valence-electron chi connectivity index (χ3n) is 2.00. The molecule has 0 atom stereocenters. The highest BCUT2D eigenvalue weighted by atomic mass is 16.7. The van der Waals surface area contributed by atoms with Crippen molar-refractivity contribution < 1.29 is 9.63 Å². The van der Waals surface area contributed by atoms with Crippen molar-refractivity contribution in [1.29, 1.82) is 0 Å². The lowest BCUT2D eigenvalue weighted by atomic mass is 10.1. The van der Waals surface area contributed by atoms with Crippen LogP contribution >= 0.6 is 0 Å². The van der Waals surface area contributed by atoms with Crippen molar-refractivity contribution >= 4 is 11.7 Å². The Hall–Kier alpha value is -1.55. The number of para-hydroxylation sites is 1. The highest BCUT2D eigenvalue weighted by Crippen LogP contribution is 2.24. The van der Waals surface area contributed by atoms with Crippen LogP contribution in [0.4, 0.5) is 10.5 Å². The van der Waals surface area contributed by atoms with Gasteiger partial charge in [0.2, 0.25) is 0 Å². The number of carbonyl (C=O) groups excluding carboxylic acids is 1. The molecule has 2 N–H and O–H groups in total. The van der Waals surface area contributed by atoms with E-state index in [1.165, 1.54) is 0 Å². The smallest absolute Gasteiger partial charge is 0.343 e. The van der Waals surface area contributed by atoms with Crippen LogP contribution in [-0.2, 0) is 11.3 Å². The minimum Gasteiger partial charge on any atom is -0.349 e. The predicted molar refractivity (Wildman–Crippen MR) is 48.2 cm³/mol. The lowest BCUT2D eigenvalue weighted by Crippen LogP contribution is -2.39. The Morgan fingerprint density at radius 1 is 1.46 bits per heavy atom. The lowest BCUT2D eigenvalue weighted by molar-refractivity contribution is 0.113. The Bertz CT molecular complexity index is 338. The second-order valence-electron chi connectivity index (χ2n) is 2.84. The normalized spacial score (nSPS) is 15.2. The van der Waals surface area contributed by atoms with Crippen molar-refractivity contribution in [1.82, 2.24) is 0 Å². The number of urea groups is 1. The molecule has 0 unspecified atom stereocenters. The molecule has 0 bridgehead atoms. The number of anilines is 1. The van der Waals surface area contributed by atoms with Gasteiger partial charge in [0.25, 0.3) is 0 Å². The van der Waals surface area contributed by atoms with Gasteiger partial charge in [0.1, 0.15) is 0 Å². The first-order valence-electron chi connectivity index (χ1n) is 4.09. The number of carbonyl (C=O) groups is 1. The van der Waals surface area contributed by atoms with Crippen molar-refractivity contribution in [3.05, 3.63) is 29.8 Å².